The molecule has 0 spiro atoms. The number of methoxy groups -OCH3 is 2. The molecule has 2 aromatic rings. The molecule has 0 radical (unpaired) electrons. The Balaban J connectivity index is 1.81. The maximum absolute atomic E-state index is 12.3. The SMILES string of the molecule is COC(=O)[C@H](Cc1cccnc1OC)NC(=O)C[C@@H](O)CNC(=O)OCc1ccccc1. The zero-order valence-corrected chi connectivity index (χ0v) is 17.9. The van der Waals surface area contributed by atoms with Gasteiger partial charge in [0.2, 0.25) is 11.8 Å². The zero-order chi connectivity index (χ0) is 23.3. The summed E-state index contributed by atoms with van der Waals surface area (Å²) in [7, 11) is 2.66. The van der Waals surface area contributed by atoms with Crippen molar-refractivity contribution in [1.29, 1.82) is 0 Å². The number of aliphatic hydroxyl groups excluding tert-OH is 1. The Hall–Kier alpha value is -3.66. The predicted molar refractivity (Wildman–Crippen MR) is 114 cm³/mol. The summed E-state index contributed by atoms with van der Waals surface area (Å²) in [6.45, 7) is -0.109. The number of hydrogen-bond donors (Lipinski definition) is 3. The van der Waals surface area contributed by atoms with Gasteiger partial charge in [0, 0.05) is 24.7 Å². The summed E-state index contributed by atoms with van der Waals surface area (Å²) in [5.74, 6) is -0.912. The molecule has 1 aromatic heterocycles. The Kier molecular flexibility index (Phi) is 9.92. The average Bonchev–Trinajstić information content (AvgIpc) is 2.81. The van der Waals surface area contributed by atoms with Gasteiger partial charge in [-0.05, 0) is 11.6 Å². The number of ether oxygens (including phenoxy) is 3. The van der Waals surface area contributed by atoms with Crippen LogP contribution in [0.2, 0.25) is 0 Å². The van der Waals surface area contributed by atoms with Gasteiger partial charge < -0.3 is 30.0 Å². The summed E-state index contributed by atoms with van der Waals surface area (Å²) in [5.41, 5.74) is 1.43. The molecule has 2 amide bonds. The van der Waals surface area contributed by atoms with Crippen LogP contribution in [-0.2, 0) is 32.1 Å². The standard InChI is InChI=1S/C22H27N3O7/c1-30-20-16(9-6-10-23-20)11-18(21(28)31-2)25-19(27)12-17(26)13-24-22(29)32-14-15-7-4-3-5-8-15/h3-10,17-18,26H,11-14H2,1-2H3,(H,24,29)(H,25,27)/t17-,18+/m1/s1. The van der Waals surface area contributed by atoms with Crippen molar-refractivity contribution in [2.45, 2.75) is 31.6 Å². The lowest BCUT2D eigenvalue weighted by Crippen LogP contribution is -2.45. The molecule has 0 saturated heterocycles. The predicted octanol–water partition coefficient (Wildman–Crippen LogP) is 0.968. The Bertz CT molecular complexity index is 892. The summed E-state index contributed by atoms with van der Waals surface area (Å²) in [6, 6.07) is 11.5. The number of carbonyl (C=O) groups is 3. The molecule has 0 aliphatic carbocycles. The normalized spacial score (nSPS) is 12.2. The first-order valence-electron chi connectivity index (χ1n) is 9.90. The number of rotatable bonds is 11. The summed E-state index contributed by atoms with van der Waals surface area (Å²) in [5, 5.41) is 15.0. The van der Waals surface area contributed by atoms with Gasteiger partial charge in [-0.15, -0.1) is 0 Å². The minimum absolute atomic E-state index is 0.0852. The van der Waals surface area contributed by atoms with E-state index < -0.39 is 30.1 Å². The van der Waals surface area contributed by atoms with Crippen molar-refractivity contribution in [1.82, 2.24) is 15.6 Å². The number of carbonyl (C=O) groups excluding carboxylic acids is 3. The summed E-state index contributed by atoms with van der Waals surface area (Å²) >= 11 is 0. The van der Waals surface area contributed by atoms with Crippen LogP contribution in [0, 0.1) is 0 Å². The third kappa shape index (κ3) is 8.23. The molecule has 0 fully saturated rings. The van der Waals surface area contributed by atoms with Crippen molar-refractivity contribution >= 4 is 18.0 Å². The molecule has 3 N–H and O–H groups in total. The van der Waals surface area contributed by atoms with Crippen molar-refractivity contribution < 1.29 is 33.7 Å². The molecular weight excluding hydrogens is 418 g/mol. The number of benzene rings is 1. The fraction of sp³-hybridized carbons (Fsp3) is 0.364. The molecule has 10 heteroatoms. The fourth-order valence-electron chi connectivity index (χ4n) is 2.83. The number of alkyl carbamates (subject to hydrolysis) is 1. The van der Waals surface area contributed by atoms with Gasteiger partial charge in [0.05, 0.1) is 26.7 Å². The lowest BCUT2D eigenvalue weighted by molar-refractivity contribution is -0.145. The number of nitrogens with zero attached hydrogens (tertiary/aromatic N) is 1. The van der Waals surface area contributed by atoms with Crippen LogP contribution in [-0.4, -0.2) is 61.0 Å². The number of esters is 1. The van der Waals surface area contributed by atoms with E-state index in [1.54, 1.807) is 18.3 Å². The molecular formula is C22H27N3O7. The molecule has 2 rings (SSSR count). The number of pyridine rings is 1. The smallest absolute Gasteiger partial charge is 0.407 e. The fourth-order valence-corrected chi connectivity index (χ4v) is 2.83. The van der Waals surface area contributed by atoms with Gasteiger partial charge >= 0.3 is 12.1 Å². The molecule has 32 heavy (non-hydrogen) atoms. The number of aromatic nitrogens is 1. The quantitative estimate of drug-likeness (QED) is 0.435. The van der Waals surface area contributed by atoms with E-state index in [0.717, 1.165) is 5.56 Å². The van der Waals surface area contributed by atoms with Crippen LogP contribution in [0.4, 0.5) is 4.79 Å². The summed E-state index contributed by atoms with van der Waals surface area (Å²) in [4.78, 5) is 40.2. The van der Waals surface area contributed by atoms with Crippen LogP contribution in [0.25, 0.3) is 0 Å². The maximum atomic E-state index is 12.3. The van der Waals surface area contributed by atoms with Crippen LogP contribution in [0.15, 0.2) is 48.7 Å². The van der Waals surface area contributed by atoms with E-state index in [1.165, 1.54) is 14.2 Å². The van der Waals surface area contributed by atoms with Gasteiger partial charge in [-0.1, -0.05) is 36.4 Å². The minimum atomic E-state index is -1.18. The number of hydrogen-bond acceptors (Lipinski definition) is 8. The first-order valence-corrected chi connectivity index (χ1v) is 9.90. The van der Waals surface area contributed by atoms with E-state index in [-0.39, 0.29) is 26.0 Å². The van der Waals surface area contributed by atoms with E-state index in [2.05, 4.69) is 15.6 Å². The van der Waals surface area contributed by atoms with Gasteiger partial charge in [-0.25, -0.2) is 14.6 Å². The molecule has 2 atom stereocenters. The summed E-state index contributed by atoms with van der Waals surface area (Å²) < 4.78 is 15.0. The van der Waals surface area contributed by atoms with Crippen LogP contribution in [0.3, 0.4) is 0 Å². The highest BCUT2D eigenvalue weighted by molar-refractivity contribution is 5.85. The monoisotopic (exact) mass is 445 g/mol. The van der Waals surface area contributed by atoms with Gasteiger partial charge in [0.1, 0.15) is 12.6 Å². The number of aliphatic hydroxyl groups is 1. The van der Waals surface area contributed by atoms with E-state index in [4.69, 9.17) is 14.2 Å². The number of nitrogens with one attached hydrogen (secondary N) is 2. The molecule has 10 nitrogen and oxygen atoms in total. The third-order valence-corrected chi connectivity index (χ3v) is 4.40. The van der Waals surface area contributed by atoms with E-state index in [9.17, 15) is 19.5 Å². The lowest BCUT2D eigenvalue weighted by Gasteiger charge is -2.19. The van der Waals surface area contributed by atoms with Gasteiger partial charge in [-0.3, -0.25) is 4.79 Å². The zero-order valence-electron chi connectivity index (χ0n) is 17.9. The van der Waals surface area contributed by atoms with E-state index in [0.29, 0.717) is 11.4 Å². The third-order valence-electron chi connectivity index (χ3n) is 4.40. The van der Waals surface area contributed by atoms with Crippen molar-refractivity contribution in [3.8, 4) is 5.88 Å². The number of amides is 2. The van der Waals surface area contributed by atoms with Crippen LogP contribution >= 0.6 is 0 Å². The minimum Gasteiger partial charge on any atom is -0.481 e. The highest BCUT2D eigenvalue weighted by Crippen LogP contribution is 2.16. The Morgan fingerprint density at radius 1 is 1.09 bits per heavy atom. The average molecular weight is 445 g/mol. The van der Waals surface area contributed by atoms with Gasteiger partial charge in [0.15, 0.2) is 0 Å². The molecule has 0 unspecified atom stereocenters. The molecule has 1 heterocycles. The first kappa shape index (κ1) is 24.6. The molecule has 1 aromatic carbocycles. The van der Waals surface area contributed by atoms with Gasteiger partial charge in [0.25, 0.3) is 0 Å². The van der Waals surface area contributed by atoms with Crippen LogP contribution in [0.5, 0.6) is 5.88 Å². The van der Waals surface area contributed by atoms with Gasteiger partial charge in [-0.2, -0.15) is 0 Å². The van der Waals surface area contributed by atoms with E-state index >= 15 is 0 Å². The second-order valence-corrected chi connectivity index (χ2v) is 6.82. The lowest BCUT2D eigenvalue weighted by atomic mass is 10.1. The molecule has 0 aliphatic rings. The second kappa shape index (κ2) is 12.9. The first-order chi connectivity index (χ1) is 15.4. The maximum Gasteiger partial charge on any atom is 0.407 e. The Labute approximate surface area is 185 Å². The molecule has 172 valence electrons. The van der Waals surface area contributed by atoms with Crippen molar-refractivity contribution in [3.63, 3.8) is 0 Å². The topological polar surface area (TPSA) is 136 Å². The van der Waals surface area contributed by atoms with Crippen molar-refractivity contribution in [2.24, 2.45) is 0 Å². The second-order valence-electron chi connectivity index (χ2n) is 6.82. The van der Waals surface area contributed by atoms with Crippen molar-refractivity contribution in [2.75, 3.05) is 20.8 Å². The molecule has 0 saturated carbocycles. The van der Waals surface area contributed by atoms with Crippen molar-refractivity contribution in [3.05, 3.63) is 59.8 Å². The molecule has 0 bridgehead atoms. The Morgan fingerprint density at radius 2 is 1.84 bits per heavy atom. The molecule has 0 aliphatic heterocycles. The highest BCUT2D eigenvalue weighted by Gasteiger charge is 2.25. The van der Waals surface area contributed by atoms with Crippen LogP contribution < -0.4 is 15.4 Å². The highest BCUT2D eigenvalue weighted by atomic mass is 16.5. The summed E-state index contributed by atoms with van der Waals surface area (Å²) in [6.07, 6.45) is -0.593. The van der Waals surface area contributed by atoms with Crippen LogP contribution in [0.1, 0.15) is 17.5 Å². The van der Waals surface area contributed by atoms with E-state index in [1.807, 2.05) is 30.3 Å². The Morgan fingerprint density at radius 3 is 2.53 bits per heavy atom. The largest absolute Gasteiger partial charge is 0.481 e.